The maximum Gasteiger partial charge on any atom is 0.225 e. The van der Waals surface area contributed by atoms with Gasteiger partial charge in [-0.15, -0.1) is 0 Å². The zero-order chi connectivity index (χ0) is 27.2. The molecule has 2 saturated heterocycles. The maximum atomic E-state index is 11.9. The van der Waals surface area contributed by atoms with E-state index in [9.17, 15) is 8.42 Å². The predicted molar refractivity (Wildman–Crippen MR) is 148 cm³/mol. The van der Waals surface area contributed by atoms with E-state index < -0.39 is 16.1 Å². The zero-order valence-corrected chi connectivity index (χ0v) is 23.2. The lowest BCUT2D eigenvalue weighted by molar-refractivity contribution is 0.227. The Morgan fingerprint density at radius 1 is 1.13 bits per heavy atom. The summed E-state index contributed by atoms with van der Waals surface area (Å²) in [6.45, 7) is 4.30. The van der Waals surface area contributed by atoms with Gasteiger partial charge < -0.3 is 15.4 Å². The van der Waals surface area contributed by atoms with Crippen LogP contribution in [0.4, 0.5) is 11.6 Å². The van der Waals surface area contributed by atoms with E-state index >= 15 is 0 Å². The maximum absolute atomic E-state index is 11.9. The zero-order valence-electron chi connectivity index (χ0n) is 20.9. The topological polar surface area (TPSA) is 138 Å². The molecule has 0 saturated carbocycles. The summed E-state index contributed by atoms with van der Waals surface area (Å²) in [5, 5.41) is 9.53. The Bertz CT molecular complexity index is 1480. The van der Waals surface area contributed by atoms with E-state index in [4.69, 9.17) is 39.1 Å². The number of nitrogens with one attached hydrogen (secondary N) is 1. The molecule has 2 aromatic heterocycles. The van der Waals surface area contributed by atoms with E-state index in [2.05, 4.69) is 15.0 Å². The Kier molecular flexibility index (Phi) is 6.97. The molecule has 2 aliphatic heterocycles. The van der Waals surface area contributed by atoms with Gasteiger partial charge in [0.25, 0.3) is 0 Å². The number of halogens is 2. The van der Waals surface area contributed by atoms with Gasteiger partial charge in [-0.2, -0.15) is 0 Å². The number of sulfonamides is 1. The molecular weight excluding hydrogens is 549 g/mol. The number of hydrogen-bond donors (Lipinski definition) is 2. The van der Waals surface area contributed by atoms with E-state index in [1.165, 1.54) is 18.6 Å². The van der Waals surface area contributed by atoms with Gasteiger partial charge in [-0.3, -0.25) is 10.4 Å². The molecule has 0 unspecified atom stereocenters. The van der Waals surface area contributed by atoms with Gasteiger partial charge in [-0.1, -0.05) is 23.2 Å². The van der Waals surface area contributed by atoms with Gasteiger partial charge in [0.05, 0.1) is 22.0 Å². The van der Waals surface area contributed by atoms with E-state index in [1.54, 1.807) is 34.9 Å². The van der Waals surface area contributed by atoms with Crippen molar-refractivity contribution in [2.45, 2.75) is 19.4 Å². The second-order valence-electron chi connectivity index (χ2n) is 9.88. The van der Waals surface area contributed by atoms with Crippen molar-refractivity contribution in [3.63, 3.8) is 0 Å². The summed E-state index contributed by atoms with van der Waals surface area (Å²) in [5.41, 5.74) is 8.33. The van der Waals surface area contributed by atoms with Gasteiger partial charge in [0.1, 0.15) is 11.9 Å². The highest BCUT2D eigenvalue weighted by Crippen LogP contribution is 2.41. The van der Waals surface area contributed by atoms with Crippen molar-refractivity contribution in [3.05, 3.63) is 69.7 Å². The standard InChI is InChI=1S/C25H27Cl2N7O3S/c1-15(22-19(26)10-30-11-20(22)27)37-17-3-4-21(28)18(7-17)23(29)16-8-31-24(32-9-16)33-12-25(13-33)5-6-34(14-25)38(2,35)36/h3-4,7-11,15,29H,5-6,12-14,28H2,1-2H3/t15-/m1/s1. The first kappa shape index (κ1) is 26.6. The molecule has 1 spiro atoms. The number of nitrogen functional groups attached to an aromatic ring is 1. The van der Waals surface area contributed by atoms with Crippen LogP contribution in [0, 0.1) is 10.8 Å². The average Bonchev–Trinajstić information content (AvgIpc) is 3.31. The molecule has 3 N–H and O–H groups in total. The van der Waals surface area contributed by atoms with Gasteiger partial charge in [0.2, 0.25) is 16.0 Å². The molecule has 2 aliphatic rings. The molecule has 0 radical (unpaired) electrons. The monoisotopic (exact) mass is 575 g/mol. The molecule has 0 amide bonds. The van der Waals surface area contributed by atoms with Crippen molar-refractivity contribution in [2.75, 3.05) is 43.1 Å². The van der Waals surface area contributed by atoms with Crippen LogP contribution >= 0.6 is 23.2 Å². The molecule has 0 aliphatic carbocycles. The number of hydrogen-bond acceptors (Lipinski definition) is 9. The van der Waals surface area contributed by atoms with Crippen molar-refractivity contribution in [2.24, 2.45) is 5.41 Å². The molecule has 10 nitrogen and oxygen atoms in total. The van der Waals surface area contributed by atoms with Gasteiger partial charge in [-0.25, -0.2) is 22.7 Å². The van der Waals surface area contributed by atoms with Crippen LogP contribution in [-0.2, 0) is 10.0 Å². The predicted octanol–water partition coefficient (Wildman–Crippen LogP) is 3.79. The third kappa shape index (κ3) is 5.15. The molecule has 200 valence electrons. The molecule has 38 heavy (non-hydrogen) atoms. The van der Waals surface area contributed by atoms with E-state index in [1.807, 2.05) is 11.8 Å². The minimum Gasteiger partial charge on any atom is -0.486 e. The highest BCUT2D eigenvalue weighted by molar-refractivity contribution is 7.88. The summed E-state index contributed by atoms with van der Waals surface area (Å²) in [6, 6.07) is 5.09. The van der Waals surface area contributed by atoms with Crippen LogP contribution in [0.2, 0.25) is 10.0 Å². The minimum atomic E-state index is -3.18. The highest BCUT2D eigenvalue weighted by atomic mass is 35.5. The van der Waals surface area contributed by atoms with Crippen LogP contribution < -0.4 is 15.4 Å². The lowest BCUT2D eigenvalue weighted by Gasteiger charge is -2.47. The first-order chi connectivity index (χ1) is 18.0. The summed E-state index contributed by atoms with van der Waals surface area (Å²) in [6.07, 6.45) is 7.83. The fourth-order valence-electron chi connectivity index (χ4n) is 5.01. The van der Waals surface area contributed by atoms with Crippen molar-refractivity contribution >= 4 is 50.6 Å². The number of aromatic nitrogens is 3. The van der Waals surface area contributed by atoms with Crippen molar-refractivity contribution in [1.29, 1.82) is 5.41 Å². The van der Waals surface area contributed by atoms with E-state index in [0.29, 0.717) is 70.3 Å². The second kappa shape index (κ2) is 9.96. The molecule has 2 fully saturated rings. The quantitative estimate of drug-likeness (QED) is 0.320. The van der Waals surface area contributed by atoms with Crippen molar-refractivity contribution in [3.8, 4) is 5.75 Å². The Morgan fingerprint density at radius 3 is 2.39 bits per heavy atom. The normalized spacial score (nSPS) is 17.8. The van der Waals surface area contributed by atoms with Crippen LogP contribution in [-0.4, -0.2) is 65.8 Å². The van der Waals surface area contributed by atoms with Crippen LogP contribution in [0.25, 0.3) is 0 Å². The average molecular weight is 577 g/mol. The first-order valence-corrected chi connectivity index (χ1v) is 14.5. The molecular formula is C25H27Cl2N7O3S. The smallest absolute Gasteiger partial charge is 0.225 e. The largest absolute Gasteiger partial charge is 0.486 e. The molecule has 13 heteroatoms. The third-order valence-corrected chi connectivity index (χ3v) is 8.89. The Balaban J connectivity index is 1.27. The first-order valence-electron chi connectivity index (χ1n) is 11.9. The summed E-state index contributed by atoms with van der Waals surface area (Å²) < 4.78 is 31.3. The number of anilines is 2. The minimum absolute atomic E-state index is 0.0471. The highest BCUT2D eigenvalue weighted by Gasteiger charge is 2.50. The number of nitrogens with two attached hydrogens (primary N) is 1. The van der Waals surface area contributed by atoms with Crippen LogP contribution in [0.5, 0.6) is 5.75 Å². The SMILES string of the molecule is C[C@@H](Oc1ccc(N)c(C(=N)c2cnc(N3CC4(CCN(S(C)(=O)=O)C4)C3)nc2)c1)c1c(Cl)cncc1Cl. The Morgan fingerprint density at radius 2 is 1.79 bits per heavy atom. The number of benzene rings is 1. The lowest BCUT2D eigenvalue weighted by atomic mass is 9.79. The number of rotatable bonds is 7. The summed E-state index contributed by atoms with van der Waals surface area (Å²) in [7, 11) is -3.18. The second-order valence-corrected chi connectivity index (χ2v) is 12.7. The van der Waals surface area contributed by atoms with Crippen LogP contribution in [0.15, 0.2) is 43.0 Å². The van der Waals surface area contributed by atoms with E-state index in [0.717, 1.165) is 6.42 Å². The number of nitrogens with zero attached hydrogens (tertiary/aromatic N) is 5. The fourth-order valence-corrected chi connectivity index (χ4v) is 6.61. The fraction of sp³-hybridized carbons (Fsp3) is 0.360. The van der Waals surface area contributed by atoms with Gasteiger partial charge in [-0.05, 0) is 31.5 Å². The van der Waals surface area contributed by atoms with Crippen LogP contribution in [0.3, 0.4) is 0 Å². The van der Waals surface area contributed by atoms with Gasteiger partial charge >= 0.3 is 0 Å². The third-order valence-electron chi connectivity index (χ3n) is 7.04. The molecule has 1 aromatic carbocycles. The molecule has 4 heterocycles. The van der Waals surface area contributed by atoms with Crippen LogP contribution in [0.1, 0.15) is 36.1 Å². The number of ether oxygens (including phenoxy) is 1. The number of pyridine rings is 1. The molecule has 3 aromatic rings. The lowest BCUT2D eigenvalue weighted by Crippen LogP contribution is -2.58. The Labute approximate surface area is 231 Å². The molecule has 5 rings (SSSR count). The molecule has 1 atom stereocenters. The summed E-state index contributed by atoms with van der Waals surface area (Å²) in [5.74, 6) is 1.05. The van der Waals surface area contributed by atoms with Crippen molar-refractivity contribution < 1.29 is 13.2 Å². The molecule has 0 bridgehead atoms. The van der Waals surface area contributed by atoms with Gasteiger partial charge in [0, 0.05) is 78.8 Å². The van der Waals surface area contributed by atoms with Crippen molar-refractivity contribution in [1.82, 2.24) is 19.3 Å². The van der Waals surface area contributed by atoms with Gasteiger partial charge in [0.15, 0.2) is 0 Å². The summed E-state index contributed by atoms with van der Waals surface area (Å²) in [4.78, 5) is 14.9. The summed E-state index contributed by atoms with van der Waals surface area (Å²) >= 11 is 12.5. The van der Waals surface area contributed by atoms with E-state index in [-0.39, 0.29) is 11.1 Å². The Hall–Kier alpha value is -2.99.